The summed E-state index contributed by atoms with van der Waals surface area (Å²) in [6.45, 7) is 6.37. The highest BCUT2D eigenvalue weighted by atomic mass is 16.2. The summed E-state index contributed by atoms with van der Waals surface area (Å²) < 4.78 is 1.40. The van der Waals surface area contributed by atoms with Gasteiger partial charge in [0.05, 0.1) is 0 Å². The van der Waals surface area contributed by atoms with E-state index in [1.54, 1.807) is 0 Å². The van der Waals surface area contributed by atoms with Crippen LogP contribution in [0, 0.1) is 5.92 Å². The molecule has 3 rings (SSSR count). The summed E-state index contributed by atoms with van der Waals surface area (Å²) in [5.74, 6) is 0.696. The van der Waals surface area contributed by atoms with E-state index < -0.39 is 0 Å². The number of amides is 1. The van der Waals surface area contributed by atoms with Crippen LogP contribution in [0.15, 0.2) is 30.6 Å². The Balaban J connectivity index is 1.45. The number of piperidine rings is 1. The average molecular weight is 328 g/mol. The SMILES string of the molecule is C[C@@H]1CCCN(Cc2ccc(CNC(=O)Cn3cnnn3)cc2)C1. The van der Waals surface area contributed by atoms with Crippen molar-refractivity contribution in [2.45, 2.75) is 39.4 Å². The fourth-order valence-corrected chi connectivity index (χ4v) is 3.11. The van der Waals surface area contributed by atoms with Crippen molar-refractivity contribution in [1.82, 2.24) is 30.4 Å². The molecule has 1 N–H and O–H groups in total. The summed E-state index contributed by atoms with van der Waals surface area (Å²) in [5.41, 5.74) is 2.42. The average Bonchev–Trinajstić information content (AvgIpc) is 3.07. The molecular weight excluding hydrogens is 304 g/mol. The minimum atomic E-state index is -0.103. The zero-order valence-electron chi connectivity index (χ0n) is 14.1. The summed E-state index contributed by atoms with van der Waals surface area (Å²) in [5, 5.41) is 13.6. The normalized spacial score (nSPS) is 18.5. The van der Waals surface area contributed by atoms with Crippen molar-refractivity contribution in [1.29, 1.82) is 0 Å². The van der Waals surface area contributed by atoms with Gasteiger partial charge in [0, 0.05) is 19.6 Å². The summed E-state index contributed by atoms with van der Waals surface area (Å²) in [7, 11) is 0. The van der Waals surface area contributed by atoms with Crippen molar-refractivity contribution in [3.63, 3.8) is 0 Å². The van der Waals surface area contributed by atoms with Gasteiger partial charge in [-0.1, -0.05) is 31.2 Å². The van der Waals surface area contributed by atoms with E-state index in [9.17, 15) is 4.79 Å². The number of carbonyl (C=O) groups is 1. The highest BCUT2D eigenvalue weighted by Crippen LogP contribution is 2.18. The number of hydrogen-bond acceptors (Lipinski definition) is 5. The number of hydrogen-bond donors (Lipinski definition) is 1. The molecule has 0 saturated carbocycles. The number of carbonyl (C=O) groups excluding carboxylic acids is 1. The quantitative estimate of drug-likeness (QED) is 0.863. The van der Waals surface area contributed by atoms with E-state index in [0.29, 0.717) is 6.54 Å². The molecule has 2 heterocycles. The fourth-order valence-electron chi connectivity index (χ4n) is 3.11. The van der Waals surface area contributed by atoms with Gasteiger partial charge in [0.15, 0.2) is 0 Å². The summed E-state index contributed by atoms with van der Waals surface area (Å²) in [6, 6.07) is 8.48. The highest BCUT2D eigenvalue weighted by Gasteiger charge is 2.16. The predicted octanol–water partition coefficient (Wildman–Crippen LogP) is 1.22. The molecule has 0 spiro atoms. The summed E-state index contributed by atoms with van der Waals surface area (Å²) in [6.07, 6.45) is 4.07. The first-order chi connectivity index (χ1) is 11.7. The Hall–Kier alpha value is -2.28. The van der Waals surface area contributed by atoms with Crippen LogP contribution >= 0.6 is 0 Å². The van der Waals surface area contributed by atoms with E-state index in [4.69, 9.17) is 0 Å². The minimum Gasteiger partial charge on any atom is -0.350 e. The number of benzene rings is 1. The number of tetrazole rings is 1. The number of likely N-dealkylation sites (tertiary alicyclic amines) is 1. The molecule has 1 aromatic carbocycles. The van der Waals surface area contributed by atoms with Crippen LogP contribution in [0.2, 0.25) is 0 Å². The van der Waals surface area contributed by atoms with Crippen molar-refractivity contribution in [2.24, 2.45) is 5.92 Å². The zero-order chi connectivity index (χ0) is 16.8. The largest absolute Gasteiger partial charge is 0.350 e. The third kappa shape index (κ3) is 4.86. The maximum atomic E-state index is 11.8. The summed E-state index contributed by atoms with van der Waals surface area (Å²) >= 11 is 0. The third-order valence-corrected chi connectivity index (χ3v) is 4.36. The Kier molecular flexibility index (Phi) is 5.53. The van der Waals surface area contributed by atoms with Gasteiger partial charge >= 0.3 is 0 Å². The van der Waals surface area contributed by atoms with E-state index in [2.05, 4.69) is 56.9 Å². The number of nitrogens with zero attached hydrogens (tertiary/aromatic N) is 5. The van der Waals surface area contributed by atoms with Crippen LogP contribution < -0.4 is 5.32 Å². The van der Waals surface area contributed by atoms with Crippen LogP contribution in [0.1, 0.15) is 30.9 Å². The van der Waals surface area contributed by atoms with Crippen LogP contribution in [-0.4, -0.2) is 44.1 Å². The molecular formula is C17H24N6O. The molecule has 1 aliphatic heterocycles. The lowest BCUT2D eigenvalue weighted by atomic mass is 9.99. The Labute approximate surface area is 142 Å². The topological polar surface area (TPSA) is 75.9 Å². The van der Waals surface area contributed by atoms with E-state index in [-0.39, 0.29) is 12.5 Å². The first kappa shape index (κ1) is 16.6. The molecule has 0 bridgehead atoms. The molecule has 7 heteroatoms. The van der Waals surface area contributed by atoms with Gasteiger partial charge in [-0.3, -0.25) is 9.69 Å². The number of rotatable bonds is 6. The molecule has 1 aliphatic rings. The van der Waals surface area contributed by atoms with Gasteiger partial charge in [-0.05, 0) is 46.9 Å². The molecule has 2 aromatic rings. The Morgan fingerprint density at radius 1 is 1.29 bits per heavy atom. The van der Waals surface area contributed by atoms with Gasteiger partial charge in [0.2, 0.25) is 5.91 Å². The van der Waals surface area contributed by atoms with Crippen molar-refractivity contribution in [3.05, 3.63) is 41.7 Å². The van der Waals surface area contributed by atoms with Gasteiger partial charge in [-0.25, -0.2) is 4.68 Å². The first-order valence-corrected chi connectivity index (χ1v) is 8.46. The molecule has 24 heavy (non-hydrogen) atoms. The van der Waals surface area contributed by atoms with Crippen LogP contribution in [0.3, 0.4) is 0 Å². The molecule has 1 aromatic heterocycles. The minimum absolute atomic E-state index is 0.103. The van der Waals surface area contributed by atoms with Crippen molar-refractivity contribution >= 4 is 5.91 Å². The van der Waals surface area contributed by atoms with E-state index in [1.165, 1.54) is 42.5 Å². The molecule has 1 atom stereocenters. The predicted molar refractivity (Wildman–Crippen MR) is 89.8 cm³/mol. The maximum Gasteiger partial charge on any atom is 0.242 e. The van der Waals surface area contributed by atoms with Crippen LogP contribution in [0.5, 0.6) is 0 Å². The van der Waals surface area contributed by atoms with Gasteiger partial charge in [-0.15, -0.1) is 5.10 Å². The van der Waals surface area contributed by atoms with E-state index >= 15 is 0 Å². The first-order valence-electron chi connectivity index (χ1n) is 8.46. The monoisotopic (exact) mass is 328 g/mol. The number of aromatic nitrogens is 4. The standard InChI is InChI=1S/C17H24N6O/c1-14-3-2-8-22(10-14)11-16-6-4-15(5-7-16)9-18-17(24)12-23-13-19-20-21-23/h4-7,13-14H,2-3,8-12H2,1H3,(H,18,24)/t14-/m1/s1. The lowest BCUT2D eigenvalue weighted by molar-refractivity contribution is -0.122. The Morgan fingerprint density at radius 2 is 2.08 bits per heavy atom. The van der Waals surface area contributed by atoms with Gasteiger partial charge in [0.25, 0.3) is 0 Å². The number of nitrogens with one attached hydrogen (secondary N) is 1. The molecule has 128 valence electrons. The lowest BCUT2D eigenvalue weighted by Crippen LogP contribution is -2.33. The van der Waals surface area contributed by atoms with Crippen molar-refractivity contribution in [3.8, 4) is 0 Å². The molecule has 0 radical (unpaired) electrons. The van der Waals surface area contributed by atoms with E-state index in [1.807, 2.05) is 0 Å². The van der Waals surface area contributed by atoms with Gasteiger partial charge in [-0.2, -0.15) is 0 Å². The molecule has 7 nitrogen and oxygen atoms in total. The highest BCUT2D eigenvalue weighted by molar-refractivity contribution is 5.75. The molecule has 0 aliphatic carbocycles. The molecule has 1 saturated heterocycles. The van der Waals surface area contributed by atoms with Crippen LogP contribution in [0.25, 0.3) is 0 Å². The van der Waals surface area contributed by atoms with Gasteiger partial charge in [0.1, 0.15) is 12.9 Å². The second-order valence-electron chi connectivity index (χ2n) is 6.58. The Morgan fingerprint density at radius 3 is 2.79 bits per heavy atom. The summed E-state index contributed by atoms with van der Waals surface area (Å²) in [4.78, 5) is 14.3. The zero-order valence-corrected chi connectivity index (χ0v) is 14.1. The van der Waals surface area contributed by atoms with E-state index in [0.717, 1.165) is 18.0 Å². The molecule has 1 amide bonds. The molecule has 0 unspecified atom stereocenters. The van der Waals surface area contributed by atoms with Crippen LogP contribution in [-0.2, 0) is 24.4 Å². The van der Waals surface area contributed by atoms with Crippen molar-refractivity contribution in [2.75, 3.05) is 13.1 Å². The van der Waals surface area contributed by atoms with Gasteiger partial charge < -0.3 is 5.32 Å². The third-order valence-electron chi connectivity index (χ3n) is 4.36. The Bertz CT molecular complexity index is 640. The molecule has 1 fully saturated rings. The second kappa shape index (κ2) is 8.01. The second-order valence-corrected chi connectivity index (χ2v) is 6.58. The fraction of sp³-hybridized carbons (Fsp3) is 0.529. The lowest BCUT2D eigenvalue weighted by Gasteiger charge is -2.30. The smallest absolute Gasteiger partial charge is 0.242 e. The van der Waals surface area contributed by atoms with Crippen molar-refractivity contribution < 1.29 is 4.79 Å². The van der Waals surface area contributed by atoms with Crippen LogP contribution in [0.4, 0.5) is 0 Å². The maximum absolute atomic E-state index is 11.8.